The summed E-state index contributed by atoms with van der Waals surface area (Å²) in [5.74, 6) is 4.11. The summed E-state index contributed by atoms with van der Waals surface area (Å²) in [7, 11) is 3.94. The molecule has 4 aliphatic rings. The lowest BCUT2D eigenvalue weighted by atomic mass is 9.75. The van der Waals surface area contributed by atoms with Crippen LogP contribution in [0.25, 0.3) is 0 Å². The molecule has 47 heavy (non-hydrogen) atoms. The number of hydrogen-bond donors (Lipinski definition) is 6. The van der Waals surface area contributed by atoms with E-state index in [9.17, 15) is 15.3 Å². The van der Waals surface area contributed by atoms with Crippen molar-refractivity contribution in [1.82, 2.24) is 16.0 Å². The number of ether oxygens (including phenoxy) is 2. The molecule has 0 bridgehead atoms. The summed E-state index contributed by atoms with van der Waals surface area (Å²) in [4.78, 5) is 5.22. The van der Waals surface area contributed by atoms with E-state index >= 15 is 0 Å². The molecule has 2 saturated carbocycles. The van der Waals surface area contributed by atoms with Gasteiger partial charge in [0.15, 0.2) is 23.3 Å². The summed E-state index contributed by atoms with van der Waals surface area (Å²) in [6, 6.07) is 6.60. The molecule has 2 heterocycles. The van der Waals surface area contributed by atoms with Crippen molar-refractivity contribution in [2.75, 3.05) is 40.4 Å². The number of phenols is 1. The van der Waals surface area contributed by atoms with E-state index in [0.29, 0.717) is 30.7 Å². The molecule has 6 N–H and O–H groups in total. The van der Waals surface area contributed by atoms with Gasteiger partial charge in [0, 0.05) is 38.3 Å². The fraction of sp³-hybridized carbons (Fsp3) is 0.658. The number of aryl methyl sites for hydroxylation is 1. The number of nitrogens with one attached hydrogen (secondary N) is 3. The van der Waals surface area contributed by atoms with Crippen molar-refractivity contribution in [3.8, 4) is 11.5 Å². The van der Waals surface area contributed by atoms with E-state index in [1.807, 2.05) is 39.2 Å². The van der Waals surface area contributed by atoms with Crippen LogP contribution in [0, 0.1) is 29.7 Å². The fourth-order valence-corrected chi connectivity index (χ4v) is 8.09. The van der Waals surface area contributed by atoms with Gasteiger partial charge < -0.3 is 35.4 Å². The minimum Gasteiger partial charge on any atom is -0.592 e. The van der Waals surface area contributed by atoms with Crippen LogP contribution in [-0.2, 0) is 11.2 Å². The van der Waals surface area contributed by atoms with Crippen LogP contribution in [0.3, 0.4) is 0 Å². The van der Waals surface area contributed by atoms with Crippen LogP contribution in [0.4, 0.5) is 0 Å². The molecule has 9 heteroatoms. The van der Waals surface area contributed by atoms with Crippen molar-refractivity contribution in [1.29, 1.82) is 0 Å². The molecule has 5 rings (SSSR count). The number of aromatic hydroxyl groups is 1. The Hall–Kier alpha value is -2.69. The smallest absolute Gasteiger partial charge is 0.189 e. The van der Waals surface area contributed by atoms with Gasteiger partial charge in [0.05, 0.1) is 18.1 Å². The first-order valence-corrected chi connectivity index (χ1v) is 18.0. The normalized spacial score (nSPS) is 25.7. The second kappa shape index (κ2) is 17.1. The summed E-state index contributed by atoms with van der Waals surface area (Å²) < 4.78 is 12.4. The monoisotopic (exact) mass is 650 g/mol. The zero-order chi connectivity index (χ0) is 33.3. The summed E-state index contributed by atoms with van der Waals surface area (Å²) >= 11 is 0. The molecule has 9 nitrogen and oxygen atoms in total. The maximum absolute atomic E-state index is 10.7. The predicted molar refractivity (Wildman–Crippen MR) is 187 cm³/mol. The Kier molecular flexibility index (Phi) is 13.0. The predicted octanol–water partition coefficient (Wildman–Crippen LogP) is 4.63. The molecule has 1 unspecified atom stereocenters. The van der Waals surface area contributed by atoms with Gasteiger partial charge in [0.1, 0.15) is 18.2 Å². The number of aliphatic imine (C=N–C) groups is 1. The number of likely N-dealkylation sites (N-methyl/N-ethyl adjacent to an activating group) is 2. The lowest BCUT2D eigenvalue weighted by Gasteiger charge is -2.32. The molecule has 1 aromatic rings. The summed E-state index contributed by atoms with van der Waals surface area (Å²) in [6.07, 6.45) is 14.4. The number of unbranched alkanes of at least 4 members (excludes halogenated alkanes) is 1. The highest BCUT2D eigenvalue weighted by Crippen LogP contribution is 2.48. The van der Waals surface area contributed by atoms with Gasteiger partial charge in [0.25, 0.3) is 0 Å². The van der Waals surface area contributed by atoms with E-state index in [-0.39, 0.29) is 30.5 Å². The number of hydrogen-bond acceptors (Lipinski definition) is 9. The Morgan fingerprint density at radius 1 is 1.17 bits per heavy atom. The molecule has 2 aliphatic carbocycles. The second-order valence-corrected chi connectivity index (χ2v) is 14.0. The minimum absolute atomic E-state index is 0.0171. The molecule has 0 amide bonds. The second-order valence-electron chi connectivity index (χ2n) is 14.0. The van der Waals surface area contributed by atoms with Crippen LogP contribution in [0.15, 0.2) is 46.7 Å². The quantitative estimate of drug-likeness (QED) is 0.127. The van der Waals surface area contributed by atoms with E-state index in [0.717, 1.165) is 74.3 Å². The highest BCUT2D eigenvalue weighted by molar-refractivity contribution is 6.04. The average molecular weight is 651 g/mol. The van der Waals surface area contributed by atoms with Gasteiger partial charge in [-0.2, -0.15) is 12.0 Å². The third kappa shape index (κ3) is 8.86. The summed E-state index contributed by atoms with van der Waals surface area (Å²) in [5, 5.41) is 41.1. The molecule has 2 aliphatic heterocycles. The molecule has 260 valence electrons. The third-order valence-electron chi connectivity index (χ3n) is 10.6. The summed E-state index contributed by atoms with van der Waals surface area (Å²) in [6.45, 7) is 5.77. The fourth-order valence-electron chi connectivity index (χ4n) is 8.09. The number of fused-ring (bicyclic) bond motifs is 2. The molecular formula is C38H58N4O5. The first kappa shape index (κ1) is 35.6. The minimum atomic E-state index is -0.401. The van der Waals surface area contributed by atoms with Crippen molar-refractivity contribution >= 4 is 5.71 Å². The van der Waals surface area contributed by atoms with E-state index in [4.69, 9.17) is 14.5 Å². The van der Waals surface area contributed by atoms with Crippen molar-refractivity contribution in [2.45, 2.75) is 102 Å². The van der Waals surface area contributed by atoms with Crippen LogP contribution in [0.5, 0.6) is 11.5 Å². The number of nitrogens with zero attached hydrogens (tertiary/aromatic N) is 1. The zero-order valence-corrected chi connectivity index (χ0v) is 28.9. The first-order valence-electron chi connectivity index (χ1n) is 18.0. The van der Waals surface area contributed by atoms with Gasteiger partial charge >= 0.3 is 0 Å². The van der Waals surface area contributed by atoms with Crippen LogP contribution in [-0.4, -0.2) is 85.7 Å². The largest absolute Gasteiger partial charge is 0.592 e. The molecule has 2 fully saturated rings. The van der Waals surface area contributed by atoms with Crippen molar-refractivity contribution in [2.24, 2.45) is 22.7 Å². The third-order valence-corrected chi connectivity index (χ3v) is 10.6. The van der Waals surface area contributed by atoms with Crippen LogP contribution in [0.2, 0.25) is 0 Å². The van der Waals surface area contributed by atoms with Gasteiger partial charge in [-0.3, -0.25) is 5.32 Å². The number of phenolic OH excluding ortho intramolecular Hbond substituents is 1. The van der Waals surface area contributed by atoms with Gasteiger partial charge in [-0.05, 0) is 76.2 Å². The molecular weight excluding hydrogens is 592 g/mol. The number of aliphatic hydroxyl groups excluding tert-OH is 2. The maximum atomic E-state index is 10.7. The standard InChI is InChI=1S/C38H58N4O5/c1-5-6-10-36-27(22-43)18-28(47-36)14-11-25-12-16-35(45)37(17-25)46-23-34(40-4)32-19-30-31(42-32)15-13-26-8-7-9-29(26)38(30)33(21-39-3)41-20-24(2)44/h12,16-19,24,26,29,33-34,36,38-41,43-45H,5-11,13-15,20-23H2,1-4H3/t24-,26+,29-,33-,34-,36?,38-/m0/s1. The van der Waals surface area contributed by atoms with Crippen molar-refractivity contribution in [3.63, 3.8) is 0 Å². The molecule has 0 radical (unpaired) electrons. The van der Waals surface area contributed by atoms with Crippen LogP contribution in [0.1, 0.15) is 77.2 Å². The van der Waals surface area contributed by atoms with Gasteiger partial charge in [-0.1, -0.05) is 50.9 Å². The molecule has 7 atom stereocenters. The van der Waals surface area contributed by atoms with Gasteiger partial charge in [-0.15, -0.1) is 4.99 Å². The number of benzene rings is 1. The lowest BCUT2D eigenvalue weighted by molar-refractivity contribution is 0.123. The number of rotatable bonds is 18. The SMILES string of the molecule is CCCCC1OC(CCc2ccc(O)c(OC[C@H](NC)[C+]3C=C4C(=N3)CC[C@H]3CCC[C@@H]3[C@@H]4[C@H](CNC)NC[C@H](C)O)c2)=C[C-]1CO. The Balaban J connectivity index is 1.25. The van der Waals surface area contributed by atoms with Crippen LogP contribution < -0.4 is 20.7 Å². The first-order chi connectivity index (χ1) is 22.8. The van der Waals surface area contributed by atoms with E-state index in [1.54, 1.807) is 6.07 Å². The molecule has 1 aromatic carbocycles. The number of allylic oxidation sites excluding steroid dienone is 1. The highest BCUT2D eigenvalue weighted by Gasteiger charge is 2.50. The Morgan fingerprint density at radius 2 is 2.02 bits per heavy atom. The summed E-state index contributed by atoms with van der Waals surface area (Å²) in [5.41, 5.74) is 3.60. The van der Waals surface area contributed by atoms with Crippen molar-refractivity contribution < 1.29 is 24.8 Å². The maximum Gasteiger partial charge on any atom is 0.189 e. The topological polar surface area (TPSA) is 128 Å². The number of aliphatic hydroxyl groups is 2. The van der Waals surface area contributed by atoms with Gasteiger partial charge in [0.2, 0.25) is 0 Å². The Labute approximate surface area is 282 Å². The molecule has 0 spiro atoms. The van der Waals surface area contributed by atoms with Crippen molar-refractivity contribution in [3.05, 3.63) is 59.2 Å². The molecule has 0 saturated heterocycles. The average Bonchev–Trinajstić information content (AvgIpc) is 3.79. The highest BCUT2D eigenvalue weighted by atomic mass is 16.5. The zero-order valence-electron chi connectivity index (χ0n) is 28.9. The van der Waals surface area contributed by atoms with E-state index < -0.39 is 6.10 Å². The Morgan fingerprint density at radius 3 is 2.77 bits per heavy atom. The molecule has 0 aromatic heterocycles. The van der Waals surface area contributed by atoms with E-state index in [2.05, 4.69) is 29.0 Å². The Bertz CT molecular complexity index is 1250. The van der Waals surface area contributed by atoms with Gasteiger partial charge in [-0.25, -0.2) is 0 Å². The van der Waals surface area contributed by atoms with Crippen LogP contribution >= 0.6 is 0 Å². The lowest BCUT2D eigenvalue weighted by Crippen LogP contribution is -2.49. The van der Waals surface area contributed by atoms with E-state index in [1.165, 1.54) is 37.0 Å².